The number of carbonyl (C=O) groups excluding carboxylic acids is 2. The van der Waals surface area contributed by atoms with Crippen molar-refractivity contribution in [1.82, 2.24) is 5.32 Å². The third kappa shape index (κ3) is 6.24. The van der Waals surface area contributed by atoms with Gasteiger partial charge in [-0.25, -0.2) is 0 Å². The fourth-order valence-electron chi connectivity index (χ4n) is 2.69. The van der Waals surface area contributed by atoms with E-state index in [9.17, 15) is 9.59 Å². The number of anilines is 1. The SMILES string of the molecule is CC(C)OC(=O)CC(NC(=O)CCc1ccccc1N)c1ccccc1. The molecule has 0 bridgehead atoms. The highest BCUT2D eigenvalue weighted by atomic mass is 16.5. The van der Waals surface area contributed by atoms with Gasteiger partial charge in [0.1, 0.15) is 0 Å². The van der Waals surface area contributed by atoms with E-state index in [0.717, 1.165) is 11.1 Å². The number of hydrogen-bond donors (Lipinski definition) is 2. The summed E-state index contributed by atoms with van der Waals surface area (Å²) in [5.41, 5.74) is 8.42. The first-order chi connectivity index (χ1) is 12.5. The van der Waals surface area contributed by atoms with Gasteiger partial charge in [-0.15, -0.1) is 0 Å². The Morgan fingerprint density at radius 2 is 1.69 bits per heavy atom. The van der Waals surface area contributed by atoms with E-state index in [1.807, 2.05) is 54.6 Å². The summed E-state index contributed by atoms with van der Waals surface area (Å²) in [5, 5.41) is 2.95. The topological polar surface area (TPSA) is 81.4 Å². The molecule has 0 fully saturated rings. The minimum atomic E-state index is -0.414. The van der Waals surface area contributed by atoms with E-state index in [4.69, 9.17) is 10.5 Å². The molecule has 26 heavy (non-hydrogen) atoms. The normalized spacial score (nSPS) is 11.8. The maximum Gasteiger partial charge on any atom is 0.308 e. The molecule has 0 aliphatic rings. The maximum atomic E-state index is 12.4. The molecule has 0 radical (unpaired) electrons. The van der Waals surface area contributed by atoms with Crippen LogP contribution in [0, 0.1) is 0 Å². The van der Waals surface area contributed by atoms with Crippen LogP contribution in [0.4, 0.5) is 5.69 Å². The van der Waals surface area contributed by atoms with Gasteiger partial charge < -0.3 is 15.8 Å². The summed E-state index contributed by atoms with van der Waals surface area (Å²) in [6.45, 7) is 3.61. The number of rotatable bonds is 8. The van der Waals surface area contributed by atoms with Crippen LogP contribution in [0.1, 0.15) is 43.9 Å². The van der Waals surface area contributed by atoms with Crippen molar-refractivity contribution in [2.75, 3.05) is 5.73 Å². The molecule has 2 aromatic carbocycles. The average Bonchev–Trinajstić information content (AvgIpc) is 2.60. The van der Waals surface area contributed by atoms with Crippen molar-refractivity contribution in [2.45, 2.75) is 45.3 Å². The van der Waals surface area contributed by atoms with Gasteiger partial charge in [-0.05, 0) is 37.5 Å². The van der Waals surface area contributed by atoms with Crippen molar-refractivity contribution in [1.29, 1.82) is 0 Å². The Morgan fingerprint density at radius 3 is 2.35 bits per heavy atom. The number of aryl methyl sites for hydroxylation is 1. The first-order valence-corrected chi connectivity index (χ1v) is 8.83. The number of nitrogens with two attached hydrogens (primary N) is 1. The van der Waals surface area contributed by atoms with Crippen LogP contribution in [0.5, 0.6) is 0 Å². The van der Waals surface area contributed by atoms with Gasteiger partial charge in [0.2, 0.25) is 5.91 Å². The highest BCUT2D eigenvalue weighted by Crippen LogP contribution is 2.19. The van der Waals surface area contributed by atoms with Crippen LogP contribution in [0.2, 0.25) is 0 Å². The van der Waals surface area contributed by atoms with Crippen LogP contribution in [0.25, 0.3) is 0 Å². The van der Waals surface area contributed by atoms with Crippen LogP contribution in [-0.2, 0) is 20.7 Å². The van der Waals surface area contributed by atoms with Gasteiger partial charge in [0.25, 0.3) is 0 Å². The van der Waals surface area contributed by atoms with Gasteiger partial charge in [0.15, 0.2) is 0 Å². The summed E-state index contributed by atoms with van der Waals surface area (Å²) >= 11 is 0. The van der Waals surface area contributed by atoms with E-state index in [2.05, 4.69) is 5.32 Å². The number of para-hydroxylation sites is 1. The molecule has 0 spiro atoms. The number of amides is 1. The van der Waals surface area contributed by atoms with Crippen molar-refractivity contribution >= 4 is 17.6 Å². The largest absolute Gasteiger partial charge is 0.463 e. The fourth-order valence-corrected chi connectivity index (χ4v) is 2.69. The monoisotopic (exact) mass is 354 g/mol. The van der Waals surface area contributed by atoms with Gasteiger partial charge in [-0.3, -0.25) is 9.59 Å². The lowest BCUT2D eigenvalue weighted by Gasteiger charge is -2.19. The zero-order valence-electron chi connectivity index (χ0n) is 15.3. The molecule has 2 aromatic rings. The molecular weight excluding hydrogens is 328 g/mol. The Labute approximate surface area is 154 Å². The number of ether oxygens (including phenoxy) is 1. The smallest absolute Gasteiger partial charge is 0.308 e. The Hall–Kier alpha value is -2.82. The first-order valence-electron chi connectivity index (χ1n) is 8.83. The zero-order valence-corrected chi connectivity index (χ0v) is 15.3. The maximum absolute atomic E-state index is 12.4. The Balaban J connectivity index is 2.00. The standard InChI is InChI=1S/C21H26N2O3/c1-15(2)26-21(25)14-19(17-9-4-3-5-10-17)23-20(24)13-12-16-8-6-7-11-18(16)22/h3-11,15,19H,12-14,22H2,1-2H3,(H,23,24). The molecule has 3 N–H and O–H groups in total. The third-order valence-electron chi connectivity index (χ3n) is 3.95. The van der Waals surface area contributed by atoms with Crippen LogP contribution in [0.3, 0.4) is 0 Å². The van der Waals surface area contributed by atoms with Crippen molar-refractivity contribution in [3.63, 3.8) is 0 Å². The third-order valence-corrected chi connectivity index (χ3v) is 3.95. The van der Waals surface area contributed by atoms with E-state index in [-0.39, 0.29) is 24.4 Å². The van der Waals surface area contributed by atoms with Gasteiger partial charge in [-0.2, -0.15) is 0 Å². The Kier molecular flexibility index (Phi) is 7.21. The van der Waals surface area contributed by atoms with Crippen LogP contribution >= 0.6 is 0 Å². The lowest BCUT2D eigenvalue weighted by Crippen LogP contribution is -2.31. The van der Waals surface area contributed by atoms with Crippen molar-refractivity contribution in [3.8, 4) is 0 Å². The molecule has 1 amide bonds. The minimum Gasteiger partial charge on any atom is -0.463 e. The van der Waals surface area contributed by atoms with Gasteiger partial charge in [0.05, 0.1) is 18.6 Å². The molecule has 2 rings (SSSR count). The summed E-state index contributed by atoms with van der Waals surface area (Å²) in [6, 6.07) is 16.5. The summed E-state index contributed by atoms with van der Waals surface area (Å²) in [7, 11) is 0. The second-order valence-corrected chi connectivity index (χ2v) is 6.47. The van der Waals surface area contributed by atoms with E-state index in [0.29, 0.717) is 18.5 Å². The molecule has 0 saturated carbocycles. The molecule has 1 atom stereocenters. The number of hydrogen-bond acceptors (Lipinski definition) is 4. The summed E-state index contributed by atoms with van der Waals surface area (Å²) < 4.78 is 5.22. The summed E-state index contributed by atoms with van der Waals surface area (Å²) in [6.07, 6.45) is 0.768. The molecule has 1 unspecified atom stereocenters. The predicted octanol–water partition coefficient (Wildman–Crippen LogP) is 3.40. The van der Waals surface area contributed by atoms with E-state index < -0.39 is 6.04 Å². The zero-order chi connectivity index (χ0) is 18.9. The second-order valence-electron chi connectivity index (χ2n) is 6.47. The van der Waals surface area contributed by atoms with E-state index in [1.54, 1.807) is 13.8 Å². The number of nitrogens with one attached hydrogen (secondary N) is 1. The lowest BCUT2D eigenvalue weighted by molar-refractivity contribution is -0.148. The van der Waals surface area contributed by atoms with Crippen molar-refractivity contribution in [2.24, 2.45) is 0 Å². The van der Waals surface area contributed by atoms with Gasteiger partial charge >= 0.3 is 5.97 Å². The molecule has 0 aliphatic heterocycles. The Morgan fingerprint density at radius 1 is 1.04 bits per heavy atom. The summed E-state index contributed by atoms with van der Waals surface area (Å²) in [5.74, 6) is -0.457. The van der Waals surface area contributed by atoms with Crippen LogP contribution in [0.15, 0.2) is 54.6 Å². The van der Waals surface area contributed by atoms with Crippen LogP contribution < -0.4 is 11.1 Å². The highest BCUT2D eigenvalue weighted by molar-refractivity contribution is 5.78. The number of nitrogen functional groups attached to an aromatic ring is 1. The lowest BCUT2D eigenvalue weighted by atomic mass is 10.0. The van der Waals surface area contributed by atoms with Crippen molar-refractivity contribution < 1.29 is 14.3 Å². The molecular formula is C21H26N2O3. The van der Waals surface area contributed by atoms with Gasteiger partial charge in [0, 0.05) is 12.1 Å². The second kappa shape index (κ2) is 9.61. The average molecular weight is 354 g/mol. The molecule has 0 heterocycles. The Bertz CT molecular complexity index is 729. The van der Waals surface area contributed by atoms with E-state index in [1.165, 1.54) is 0 Å². The number of carbonyl (C=O) groups is 2. The molecule has 5 heteroatoms. The molecule has 0 saturated heterocycles. The van der Waals surface area contributed by atoms with Crippen molar-refractivity contribution in [3.05, 3.63) is 65.7 Å². The predicted molar refractivity (Wildman–Crippen MR) is 102 cm³/mol. The molecule has 138 valence electrons. The summed E-state index contributed by atoms with van der Waals surface area (Å²) in [4.78, 5) is 24.5. The van der Waals surface area contributed by atoms with E-state index >= 15 is 0 Å². The quantitative estimate of drug-likeness (QED) is 0.562. The fraction of sp³-hybridized carbons (Fsp3) is 0.333. The minimum absolute atomic E-state index is 0.0986. The molecule has 5 nitrogen and oxygen atoms in total. The van der Waals surface area contributed by atoms with Gasteiger partial charge in [-0.1, -0.05) is 48.5 Å². The first kappa shape index (κ1) is 19.5. The number of esters is 1. The molecule has 0 aliphatic carbocycles. The highest BCUT2D eigenvalue weighted by Gasteiger charge is 2.20. The molecule has 0 aromatic heterocycles. The van der Waals surface area contributed by atoms with Crippen LogP contribution in [-0.4, -0.2) is 18.0 Å². The number of benzene rings is 2.